The van der Waals surface area contributed by atoms with Crippen LogP contribution >= 0.6 is 0 Å². The minimum Gasteiger partial charge on any atom is -0.491 e. The Morgan fingerprint density at radius 3 is 2.83 bits per heavy atom. The zero-order chi connectivity index (χ0) is 21.1. The highest BCUT2D eigenvalue weighted by Gasteiger charge is 2.40. The fourth-order valence-electron chi connectivity index (χ4n) is 4.34. The van der Waals surface area contributed by atoms with Crippen LogP contribution in [-0.2, 0) is 21.3 Å². The van der Waals surface area contributed by atoms with Gasteiger partial charge in [0.1, 0.15) is 17.4 Å². The van der Waals surface area contributed by atoms with Crippen molar-refractivity contribution >= 4 is 16.8 Å². The van der Waals surface area contributed by atoms with Gasteiger partial charge in [0.2, 0.25) is 0 Å². The molecule has 0 spiro atoms. The molecule has 1 saturated heterocycles. The summed E-state index contributed by atoms with van der Waals surface area (Å²) in [5, 5.41) is 5.44. The van der Waals surface area contributed by atoms with Crippen molar-refractivity contribution < 1.29 is 19.0 Å². The largest absolute Gasteiger partial charge is 0.491 e. The van der Waals surface area contributed by atoms with Crippen LogP contribution in [0.25, 0.3) is 10.9 Å². The summed E-state index contributed by atoms with van der Waals surface area (Å²) in [6.45, 7) is 4.04. The summed E-state index contributed by atoms with van der Waals surface area (Å²) in [5.41, 5.74) is 2.05. The van der Waals surface area contributed by atoms with Crippen LogP contribution in [0.4, 0.5) is 0 Å². The lowest BCUT2D eigenvalue weighted by molar-refractivity contribution is -0.149. The quantitative estimate of drug-likeness (QED) is 0.586. The first-order valence-electron chi connectivity index (χ1n) is 11.1. The van der Waals surface area contributed by atoms with Gasteiger partial charge >= 0.3 is 0 Å². The first-order chi connectivity index (χ1) is 14.6. The Hall–Kier alpha value is -2.12. The van der Waals surface area contributed by atoms with E-state index in [0.717, 1.165) is 60.7 Å². The van der Waals surface area contributed by atoms with Gasteiger partial charge in [0, 0.05) is 45.2 Å². The molecule has 2 atom stereocenters. The summed E-state index contributed by atoms with van der Waals surface area (Å²) in [7, 11) is 3.62. The Morgan fingerprint density at radius 1 is 1.30 bits per heavy atom. The predicted octanol–water partition coefficient (Wildman–Crippen LogP) is 3.61. The highest BCUT2D eigenvalue weighted by atomic mass is 16.5. The Kier molecular flexibility index (Phi) is 6.58. The summed E-state index contributed by atoms with van der Waals surface area (Å²) >= 11 is 0. The fraction of sp³-hybridized carbons (Fsp3) is 0.652. The van der Waals surface area contributed by atoms with Gasteiger partial charge in [0.25, 0.3) is 5.91 Å². The molecule has 1 amide bonds. The lowest BCUT2D eigenvalue weighted by Crippen LogP contribution is -2.44. The Labute approximate surface area is 178 Å². The summed E-state index contributed by atoms with van der Waals surface area (Å²) in [6, 6.07) is 4.49. The molecule has 4 rings (SSSR count). The average Bonchev–Trinajstić information content (AvgIpc) is 3.53. The van der Waals surface area contributed by atoms with Crippen LogP contribution in [-0.4, -0.2) is 59.7 Å². The van der Waals surface area contributed by atoms with E-state index in [1.54, 1.807) is 7.11 Å². The second kappa shape index (κ2) is 9.35. The number of nitrogens with zero attached hydrogens (tertiary/aromatic N) is 3. The monoisotopic (exact) mass is 415 g/mol. The molecule has 0 N–H and O–H groups in total. The molecule has 7 heteroatoms. The Bertz CT molecular complexity index is 871. The molecule has 0 unspecified atom stereocenters. The van der Waals surface area contributed by atoms with Crippen LogP contribution in [0.1, 0.15) is 57.1 Å². The molecule has 2 aromatic rings. The number of ether oxygens (including phenoxy) is 3. The maximum atomic E-state index is 13.3. The van der Waals surface area contributed by atoms with Gasteiger partial charge < -0.3 is 19.1 Å². The number of carbonyl (C=O) groups is 1. The van der Waals surface area contributed by atoms with Gasteiger partial charge in [-0.1, -0.05) is 0 Å². The van der Waals surface area contributed by atoms with Crippen LogP contribution in [0, 0.1) is 0 Å². The summed E-state index contributed by atoms with van der Waals surface area (Å²) < 4.78 is 18.9. The van der Waals surface area contributed by atoms with Crippen LogP contribution in [0.3, 0.4) is 0 Å². The number of rotatable bonds is 9. The van der Waals surface area contributed by atoms with Crippen molar-refractivity contribution in [1.29, 1.82) is 0 Å². The van der Waals surface area contributed by atoms with Gasteiger partial charge in [-0.3, -0.25) is 9.48 Å². The van der Waals surface area contributed by atoms with Crippen LogP contribution in [0.15, 0.2) is 18.3 Å². The Morgan fingerprint density at radius 2 is 2.13 bits per heavy atom. The minimum atomic E-state index is -0.298. The molecule has 1 saturated carbocycles. The lowest BCUT2D eigenvalue weighted by Gasteiger charge is -2.34. The van der Waals surface area contributed by atoms with E-state index in [0.29, 0.717) is 25.9 Å². The van der Waals surface area contributed by atoms with Gasteiger partial charge in [-0.05, 0) is 56.7 Å². The van der Waals surface area contributed by atoms with Crippen molar-refractivity contribution in [3.8, 4) is 5.75 Å². The van der Waals surface area contributed by atoms with Gasteiger partial charge in [0.15, 0.2) is 0 Å². The molecular formula is C23H33N3O4. The molecule has 30 heavy (non-hydrogen) atoms. The summed E-state index contributed by atoms with van der Waals surface area (Å²) in [6.07, 6.45) is 7.45. The Balaban J connectivity index is 1.60. The SMILES string of the molecule is COCCCOc1cc([C@H](C)N(C(=O)[C@H]2CCCCO2)C2CC2)cc2cnn(C)c12. The maximum absolute atomic E-state index is 13.3. The van der Waals surface area contributed by atoms with Crippen LogP contribution < -0.4 is 4.74 Å². The smallest absolute Gasteiger partial charge is 0.252 e. The van der Waals surface area contributed by atoms with Crippen LogP contribution in [0.2, 0.25) is 0 Å². The summed E-state index contributed by atoms with van der Waals surface area (Å²) in [5.74, 6) is 0.945. The van der Waals surface area contributed by atoms with E-state index in [9.17, 15) is 4.79 Å². The van der Waals surface area contributed by atoms with Crippen molar-refractivity contribution in [2.24, 2.45) is 7.05 Å². The molecule has 0 radical (unpaired) electrons. The average molecular weight is 416 g/mol. The number of amides is 1. The van der Waals surface area contributed by atoms with Crippen LogP contribution in [0.5, 0.6) is 5.75 Å². The predicted molar refractivity (Wildman–Crippen MR) is 115 cm³/mol. The zero-order valence-corrected chi connectivity index (χ0v) is 18.3. The van der Waals surface area contributed by atoms with E-state index in [1.807, 2.05) is 17.9 Å². The van der Waals surface area contributed by atoms with Gasteiger partial charge in [0.05, 0.1) is 18.8 Å². The number of methoxy groups -OCH3 is 1. The van der Waals surface area contributed by atoms with Gasteiger partial charge in [-0.25, -0.2) is 0 Å². The molecular weight excluding hydrogens is 382 g/mol. The molecule has 2 aliphatic rings. The molecule has 0 bridgehead atoms. The number of carbonyl (C=O) groups excluding carboxylic acids is 1. The minimum absolute atomic E-state index is 0.0403. The maximum Gasteiger partial charge on any atom is 0.252 e. The number of benzene rings is 1. The molecule has 1 aromatic carbocycles. The number of hydrogen-bond acceptors (Lipinski definition) is 5. The van der Waals surface area contributed by atoms with E-state index in [-0.39, 0.29) is 18.1 Å². The first-order valence-corrected chi connectivity index (χ1v) is 11.1. The molecule has 2 heterocycles. The number of hydrogen-bond donors (Lipinski definition) is 0. The third kappa shape index (κ3) is 4.47. The van der Waals surface area contributed by atoms with E-state index in [4.69, 9.17) is 14.2 Å². The van der Waals surface area contributed by atoms with E-state index < -0.39 is 0 Å². The third-order valence-electron chi connectivity index (χ3n) is 6.12. The molecule has 2 fully saturated rings. The highest BCUT2D eigenvalue weighted by molar-refractivity contribution is 5.86. The second-order valence-electron chi connectivity index (χ2n) is 8.43. The number of aryl methyl sites for hydroxylation is 1. The summed E-state index contributed by atoms with van der Waals surface area (Å²) in [4.78, 5) is 15.4. The van der Waals surface area contributed by atoms with E-state index in [1.165, 1.54) is 0 Å². The van der Waals surface area contributed by atoms with Crippen molar-refractivity contribution in [3.05, 3.63) is 23.9 Å². The second-order valence-corrected chi connectivity index (χ2v) is 8.43. The lowest BCUT2D eigenvalue weighted by atomic mass is 10.0. The highest BCUT2D eigenvalue weighted by Crippen LogP contribution is 2.38. The molecule has 1 aliphatic heterocycles. The van der Waals surface area contributed by atoms with Gasteiger partial charge in [-0.2, -0.15) is 5.10 Å². The standard InChI is InChI=1S/C23H33N3O4/c1-16(26(19-8-9-19)23(27)20-7-4-5-11-29-20)17-13-18-15-24-25(2)22(18)21(14-17)30-12-6-10-28-3/h13-16,19-20H,4-12H2,1-3H3/t16-,20+/m0/s1. The number of aromatic nitrogens is 2. The van der Waals surface area contributed by atoms with E-state index in [2.05, 4.69) is 29.1 Å². The zero-order valence-electron chi connectivity index (χ0n) is 18.3. The molecule has 1 aliphatic carbocycles. The third-order valence-corrected chi connectivity index (χ3v) is 6.12. The normalized spacial score (nSPS) is 20.3. The van der Waals surface area contributed by atoms with Crippen molar-refractivity contribution in [3.63, 3.8) is 0 Å². The van der Waals surface area contributed by atoms with Crippen molar-refractivity contribution in [2.45, 2.75) is 63.6 Å². The molecule has 164 valence electrons. The molecule has 7 nitrogen and oxygen atoms in total. The topological polar surface area (TPSA) is 65.8 Å². The first kappa shape index (κ1) is 21.1. The van der Waals surface area contributed by atoms with E-state index >= 15 is 0 Å². The molecule has 1 aromatic heterocycles. The van der Waals surface area contributed by atoms with Crippen molar-refractivity contribution in [2.75, 3.05) is 26.9 Å². The van der Waals surface area contributed by atoms with Gasteiger partial charge in [-0.15, -0.1) is 0 Å². The number of fused-ring (bicyclic) bond motifs is 1. The fourth-order valence-corrected chi connectivity index (χ4v) is 4.34. The van der Waals surface area contributed by atoms with Crippen molar-refractivity contribution in [1.82, 2.24) is 14.7 Å².